The van der Waals surface area contributed by atoms with Gasteiger partial charge in [-0.3, -0.25) is 14.4 Å². The number of ether oxygens (including phenoxy) is 1. The molecule has 212 valence electrons. The number of benzene rings is 2. The smallest absolute Gasteiger partial charge is 0.311 e. The molecule has 2 amide bonds. The van der Waals surface area contributed by atoms with Crippen molar-refractivity contribution in [3.8, 4) is 0 Å². The summed E-state index contributed by atoms with van der Waals surface area (Å²) >= 11 is 1.62. The van der Waals surface area contributed by atoms with Crippen LogP contribution < -0.4 is 0 Å². The number of hydrogen-bond acceptors (Lipinski definition) is 6. The zero-order valence-electron chi connectivity index (χ0n) is 23.2. The largest absolute Gasteiger partial charge is 0.466 e. The van der Waals surface area contributed by atoms with Crippen LogP contribution in [0.2, 0.25) is 0 Å². The number of rotatable bonds is 11. The maximum atomic E-state index is 14.7. The van der Waals surface area contributed by atoms with Gasteiger partial charge in [0.25, 0.3) is 0 Å². The minimum atomic E-state index is -0.819. The molecule has 3 fully saturated rings. The van der Waals surface area contributed by atoms with Gasteiger partial charge in [-0.2, -0.15) is 0 Å². The normalized spacial score (nSPS) is 29.2. The van der Waals surface area contributed by atoms with Gasteiger partial charge in [0.15, 0.2) is 0 Å². The number of carbonyl (C=O) groups excluding carboxylic acids is 3. The molecule has 8 heteroatoms. The summed E-state index contributed by atoms with van der Waals surface area (Å²) in [4.78, 5) is 45.9. The zero-order chi connectivity index (χ0) is 28.5. The molecule has 0 saturated carbocycles. The first-order valence-corrected chi connectivity index (χ1v) is 14.9. The summed E-state index contributed by atoms with van der Waals surface area (Å²) in [5.74, 6) is -2.11. The monoisotopic (exact) mass is 562 g/mol. The number of aliphatic hydroxyl groups excluding tert-OH is 1. The maximum Gasteiger partial charge on any atom is 0.311 e. The molecule has 40 heavy (non-hydrogen) atoms. The number of aliphatic hydroxyl groups is 1. The van der Waals surface area contributed by atoms with Crippen molar-refractivity contribution in [1.82, 2.24) is 9.80 Å². The van der Waals surface area contributed by atoms with Gasteiger partial charge in [-0.1, -0.05) is 66.7 Å². The molecular formula is C32H38N2O5S. The Hall–Kier alpha value is -3.10. The van der Waals surface area contributed by atoms with E-state index in [4.69, 9.17) is 4.74 Å². The van der Waals surface area contributed by atoms with Gasteiger partial charge in [0.05, 0.1) is 35.8 Å². The SMILES string of the molecule is C=CCN(Cc1ccccc1)C(=O)C1N([C@@H](CO)Cc2ccccc2)C(=O)[C@@H]2[C@H](C(=O)OCC)[C@]3(C)CCC12S3. The second-order valence-electron chi connectivity index (χ2n) is 11.2. The van der Waals surface area contributed by atoms with Crippen LogP contribution in [-0.2, 0) is 32.1 Å². The van der Waals surface area contributed by atoms with Gasteiger partial charge in [0.2, 0.25) is 11.8 Å². The van der Waals surface area contributed by atoms with Crippen molar-refractivity contribution in [3.05, 3.63) is 84.4 Å². The van der Waals surface area contributed by atoms with Crippen molar-refractivity contribution in [1.29, 1.82) is 0 Å². The lowest BCUT2D eigenvalue weighted by molar-refractivity contribution is -0.155. The highest BCUT2D eigenvalue weighted by molar-refractivity contribution is 8.02. The van der Waals surface area contributed by atoms with Gasteiger partial charge < -0.3 is 19.6 Å². The van der Waals surface area contributed by atoms with E-state index in [1.165, 1.54) is 0 Å². The highest BCUT2D eigenvalue weighted by Crippen LogP contribution is 2.71. The van der Waals surface area contributed by atoms with Crippen molar-refractivity contribution in [2.75, 3.05) is 19.8 Å². The number of thioether (sulfide) groups is 1. The van der Waals surface area contributed by atoms with Crippen molar-refractivity contribution in [2.24, 2.45) is 11.8 Å². The van der Waals surface area contributed by atoms with Crippen LogP contribution in [0.5, 0.6) is 0 Å². The Labute approximate surface area is 240 Å². The molecule has 0 radical (unpaired) electrons. The van der Waals surface area contributed by atoms with Crippen molar-refractivity contribution in [2.45, 2.75) is 61.2 Å². The van der Waals surface area contributed by atoms with E-state index < -0.39 is 33.4 Å². The van der Waals surface area contributed by atoms with Crippen LogP contribution in [0, 0.1) is 11.8 Å². The minimum absolute atomic E-state index is 0.174. The Morgan fingerprint density at radius 1 is 1.15 bits per heavy atom. The first-order chi connectivity index (χ1) is 19.3. The quantitative estimate of drug-likeness (QED) is 0.331. The highest BCUT2D eigenvalue weighted by atomic mass is 32.2. The molecule has 3 aliphatic heterocycles. The Bertz CT molecular complexity index is 1260. The van der Waals surface area contributed by atoms with E-state index in [9.17, 15) is 19.5 Å². The van der Waals surface area contributed by atoms with Crippen LogP contribution in [-0.4, -0.2) is 74.0 Å². The molecule has 3 heterocycles. The van der Waals surface area contributed by atoms with Crippen molar-refractivity contribution in [3.63, 3.8) is 0 Å². The second kappa shape index (κ2) is 11.4. The van der Waals surface area contributed by atoms with Gasteiger partial charge >= 0.3 is 5.97 Å². The summed E-state index contributed by atoms with van der Waals surface area (Å²) in [5.41, 5.74) is 1.94. The molecule has 2 bridgehead atoms. The van der Waals surface area contributed by atoms with Crippen molar-refractivity contribution < 1.29 is 24.2 Å². The lowest BCUT2D eigenvalue weighted by atomic mass is 9.66. The lowest BCUT2D eigenvalue weighted by Crippen LogP contribution is -2.57. The molecule has 6 atom stereocenters. The van der Waals surface area contributed by atoms with Gasteiger partial charge in [-0.05, 0) is 44.2 Å². The minimum Gasteiger partial charge on any atom is -0.466 e. The van der Waals surface area contributed by atoms with Crippen LogP contribution in [0.1, 0.15) is 37.8 Å². The lowest BCUT2D eigenvalue weighted by Gasteiger charge is -2.39. The third-order valence-corrected chi connectivity index (χ3v) is 10.8. The molecule has 3 saturated heterocycles. The third-order valence-electron chi connectivity index (χ3n) is 8.78. The Morgan fingerprint density at radius 2 is 1.80 bits per heavy atom. The zero-order valence-corrected chi connectivity index (χ0v) is 24.0. The van der Waals surface area contributed by atoms with Gasteiger partial charge in [-0.15, -0.1) is 18.3 Å². The number of fused-ring (bicyclic) bond motifs is 1. The average molecular weight is 563 g/mol. The van der Waals surface area contributed by atoms with E-state index in [0.29, 0.717) is 32.4 Å². The fourth-order valence-corrected chi connectivity index (χ4v) is 9.45. The van der Waals surface area contributed by atoms with Crippen LogP contribution >= 0.6 is 11.8 Å². The fraction of sp³-hybridized carbons (Fsp3) is 0.469. The van der Waals surface area contributed by atoms with Crippen LogP contribution in [0.4, 0.5) is 0 Å². The molecule has 2 unspecified atom stereocenters. The van der Waals surface area contributed by atoms with E-state index >= 15 is 0 Å². The molecule has 5 rings (SSSR count). The Balaban J connectivity index is 1.59. The van der Waals surface area contributed by atoms with Gasteiger partial charge in [-0.25, -0.2) is 0 Å². The third kappa shape index (κ3) is 4.75. The summed E-state index contributed by atoms with van der Waals surface area (Å²) in [6.45, 7) is 8.32. The number of carbonyl (C=O) groups is 3. The molecule has 2 aromatic carbocycles. The summed E-state index contributed by atoms with van der Waals surface area (Å²) in [7, 11) is 0. The molecule has 1 spiro atoms. The standard InChI is InChI=1S/C32H38N2O5S/c1-4-18-33(20-23-14-10-7-11-15-23)29(37)27-32-17-16-31(3,40-32)26(30(38)39-5-2)25(32)28(36)34(27)24(21-35)19-22-12-8-6-9-13-22/h4,6-15,24-27,35H,1,5,16-21H2,2-3H3/t24-,25+,26-,27?,31+,32?/m1/s1. The van der Waals surface area contributed by atoms with E-state index in [2.05, 4.69) is 6.58 Å². The first-order valence-electron chi connectivity index (χ1n) is 14.1. The molecule has 7 nitrogen and oxygen atoms in total. The summed E-state index contributed by atoms with van der Waals surface area (Å²) < 4.78 is 4.23. The second-order valence-corrected chi connectivity index (χ2v) is 13.1. The number of esters is 1. The molecule has 0 aromatic heterocycles. The maximum absolute atomic E-state index is 14.7. The van der Waals surface area contributed by atoms with Crippen LogP contribution in [0.25, 0.3) is 0 Å². The highest BCUT2D eigenvalue weighted by Gasteiger charge is 2.78. The number of nitrogens with zero attached hydrogens (tertiary/aromatic N) is 2. The number of likely N-dealkylation sites (tertiary alicyclic amines) is 1. The molecule has 0 aliphatic carbocycles. The fourth-order valence-electron chi connectivity index (χ4n) is 7.13. The Morgan fingerprint density at radius 3 is 2.40 bits per heavy atom. The van der Waals surface area contributed by atoms with E-state index in [1.54, 1.807) is 34.6 Å². The number of amides is 2. The molecular weight excluding hydrogens is 524 g/mol. The van der Waals surface area contributed by atoms with Crippen LogP contribution in [0.3, 0.4) is 0 Å². The summed E-state index contributed by atoms with van der Waals surface area (Å²) in [6, 6.07) is 18.0. The summed E-state index contributed by atoms with van der Waals surface area (Å²) in [5, 5.41) is 10.6. The molecule has 3 aliphatic rings. The van der Waals surface area contributed by atoms with E-state index in [0.717, 1.165) is 11.1 Å². The van der Waals surface area contributed by atoms with Crippen molar-refractivity contribution >= 4 is 29.5 Å². The van der Waals surface area contributed by atoms with E-state index in [1.807, 2.05) is 67.6 Å². The van der Waals surface area contributed by atoms with Gasteiger partial charge in [0, 0.05) is 17.8 Å². The summed E-state index contributed by atoms with van der Waals surface area (Å²) in [6.07, 6.45) is 3.46. The molecule has 1 N–H and O–H groups in total. The van der Waals surface area contributed by atoms with E-state index in [-0.39, 0.29) is 31.0 Å². The molecule has 2 aromatic rings. The average Bonchev–Trinajstić information content (AvgIpc) is 3.53. The topological polar surface area (TPSA) is 87.2 Å². The van der Waals surface area contributed by atoms with Gasteiger partial charge in [0.1, 0.15) is 6.04 Å². The predicted molar refractivity (Wildman–Crippen MR) is 155 cm³/mol. The predicted octanol–water partition coefficient (Wildman–Crippen LogP) is 3.85. The number of hydrogen-bond donors (Lipinski definition) is 1. The van der Waals surface area contributed by atoms with Crippen LogP contribution in [0.15, 0.2) is 73.3 Å². The first kappa shape index (κ1) is 28.4. The Kier molecular flexibility index (Phi) is 8.11.